The Hall–Kier alpha value is -2.05. The molecule has 6 heteroatoms. The van der Waals surface area contributed by atoms with Crippen LogP contribution < -0.4 is 5.32 Å². The van der Waals surface area contributed by atoms with Crippen molar-refractivity contribution in [3.8, 4) is 0 Å². The summed E-state index contributed by atoms with van der Waals surface area (Å²) in [5.74, 6) is -0.217. The maximum Gasteiger partial charge on any atom is 0.234 e. The fourth-order valence-electron chi connectivity index (χ4n) is 2.86. The van der Waals surface area contributed by atoms with Crippen LogP contribution in [0.2, 0.25) is 0 Å². The third-order valence-corrected chi connectivity index (χ3v) is 6.60. The van der Waals surface area contributed by atoms with E-state index in [4.69, 9.17) is 0 Å². The van der Waals surface area contributed by atoms with Crippen molar-refractivity contribution in [1.29, 1.82) is 0 Å². The number of carbonyl (C=O) groups is 1. The molecule has 4 nitrogen and oxygen atoms in total. The molecule has 1 aliphatic carbocycles. The number of thiophene rings is 1. The number of rotatable bonds is 5. The lowest BCUT2D eigenvalue weighted by Gasteiger charge is -2.11. The molecule has 4 rings (SSSR count). The van der Waals surface area contributed by atoms with Gasteiger partial charge in [-0.05, 0) is 36.8 Å². The topological polar surface area (TPSA) is 54.9 Å². The zero-order chi connectivity index (χ0) is 16.6. The second-order valence-corrected chi connectivity index (χ2v) is 8.04. The van der Waals surface area contributed by atoms with Gasteiger partial charge in [-0.25, -0.2) is 0 Å². The Morgan fingerprint density at radius 1 is 1.17 bits per heavy atom. The van der Waals surface area contributed by atoms with Crippen LogP contribution in [0, 0.1) is 0 Å². The highest BCUT2D eigenvalue weighted by Gasteiger charge is 2.48. The van der Waals surface area contributed by atoms with Gasteiger partial charge in [-0.3, -0.25) is 10.1 Å². The molecule has 0 aliphatic heterocycles. The number of aromatic nitrogens is 2. The summed E-state index contributed by atoms with van der Waals surface area (Å²) >= 11 is 3.08. The van der Waals surface area contributed by atoms with E-state index >= 15 is 0 Å². The molecule has 0 spiro atoms. The number of nitrogens with zero attached hydrogens (tertiary/aromatic N) is 2. The van der Waals surface area contributed by atoms with Crippen LogP contribution in [0.1, 0.15) is 41.1 Å². The Morgan fingerprint density at radius 3 is 2.62 bits per heavy atom. The minimum atomic E-state index is -0.179. The highest BCUT2D eigenvalue weighted by Crippen LogP contribution is 2.54. The van der Waals surface area contributed by atoms with Crippen molar-refractivity contribution in [2.24, 2.45) is 0 Å². The van der Waals surface area contributed by atoms with Crippen LogP contribution in [0.15, 0.2) is 47.8 Å². The molecule has 122 valence electrons. The Morgan fingerprint density at radius 2 is 1.96 bits per heavy atom. The summed E-state index contributed by atoms with van der Waals surface area (Å²) in [6.07, 6.45) is 2.18. The predicted molar refractivity (Wildman–Crippen MR) is 97.7 cm³/mol. The van der Waals surface area contributed by atoms with Crippen molar-refractivity contribution < 1.29 is 4.79 Å². The number of hydrogen-bond donors (Lipinski definition) is 1. The molecule has 1 aromatic carbocycles. The van der Waals surface area contributed by atoms with Crippen molar-refractivity contribution in [3.63, 3.8) is 0 Å². The van der Waals surface area contributed by atoms with Crippen LogP contribution in [0.3, 0.4) is 0 Å². The maximum atomic E-state index is 12.4. The van der Waals surface area contributed by atoms with Gasteiger partial charge in [-0.2, -0.15) is 0 Å². The molecule has 0 radical (unpaired) electrons. The lowest BCUT2D eigenvalue weighted by molar-refractivity contribution is -0.117. The second-order valence-electron chi connectivity index (χ2n) is 6.09. The van der Waals surface area contributed by atoms with E-state index < -0.39 is 0 Å². The summed E-state index contributed by atoms with van der Waals surface area (Å²) in [6, 6.07) is 14.4. The molecule has 0 bridgehead atoms. The summed E-state index contributed by atoms with van der Waals surface area (Å²) in [6.45, 7) is 1.91. The first-order chi connectivity index (χ1) is 11.7. The smallest absolute Gasteiger partial charge is 0.234 e. The highest BCUT2D eigenvalue weighted by atomic mass is 32.1. The Bertz CT molecular complexity index is 838. The number of anilines is 1. The Kier molecular flexibility index (Phi) is 3.94. The van der Waals surface area contributed by atoms with Gasteiger partial charge in [0.1, 0.15) is 5.01 Å². The van der Waals surface area contributed by atoms with Gasteiger partial charge in [-0.1, -0.05) is 47.7 Å². The lowest BCUT2D eigenvalue weighted by atomic mass is 9.97. The summed E-state index contributed by atoms with van der Waals surface area (Å²) in [4.78, 5) is 13.4. The van der Waals surface area contributed by atoms with Gasteiger partial charge in [0, 0.05) is 10.3 Å². The van der Waals surface area contributed by atoms with Gasteiger partial charge >= 0.3 is 0 Å². The minimum absolute atomic E-state index is 0.00126. The van der Waals surface area contributed by atoms with Crippen molar-refractivity contribution in [2.45, 2.75) is 31.1 Å². The van der Waals surface area contributed by atoms with Gasteiger partial charge in [0.25, 0.3) is 0 Å². The van der Waals surface area contributed by atoms with Crippen LogP contribution in [0.25, 0.3) is 0 Å². The molecule has 0 unspecified atom stereocenters. The molecular weight excluding hydrogens is 338 g/mol. The van der Waals surface area contributed by atoms with Gasteiger partial charge in [-0.15, -0.1) is 21.5 Å². The average Bonchev–Trinajstić information content (AvgIpc) is 3.02. The quantitative estimate of drug-likeness (QED) is 0.737. The number of hydrogen-bond acceptors (Lipinski definition) is 5. The summed E-state index contributed by atoms with van der Waals surface area (Å²) in [7, 11) is 0. The van der Waals surface area contributed by atoms with Crippen LogP contribution in [-0.2, 0) is 10.2 Å². The van der Waals surface area contributed by atoms with Crippen LogP contribution >= 0.6 is 22.7 Å². The fraction of sp³-hybridized carbons (Fsp3) is 0.278. The summed E-state index contributed by atoms with van der Waals surface area (Å²) in [5, 5.41) is 15.0. The van der Waals surface area contributed by atoms with Gasteiger partial charge in [0.15, 0.2) is 0 Å². The molecule has 1 aliphatic rings. The van der Waals surface area contributed by atoms with E-state index in [2.05, 4.69) is 39.8 Å². The van der Waals surface area contributed by atoms with Gasteiger partial charge in [0.05, 0.1) is 5.92 Å². The van der Waals surface area contributed by atoms with E-state index in [0.717, 1.165) is 22.7 Å². The average molecular weight is 355 g/mol. The zero-order valence-corrected chi connectivity index (χ0v) is 14.9. The number of carbonyl (C=O) groups excluding carboxylic acids is 1. The Labute approximate surface area is 148 Å². The van der Waals surface area contributed by atoms with Crippen LogP contribution in [0.5, 0.6) is 0 Å². The molecule has 1 N–H and O–H groups in total. The first-order valence-corrected chi connectivity index (χ1v) is 9.62. The second kappa shape index (κ2) is 6.11. The lowest BCUT2D eigenvalue weighted by Crippen LogP contribution is -2.17. The largest absolute Gasteiger partial charge is 0.300 e. The molecule has 2 aromatic heterocycles. The van der Waals surface area contributed by atoms with Gasteiger partial charge < -0.3 is 0 Å². The standard InChI is InChI=1S/C18H17N3OS2/c1-12(14-8-5-11-23-14)15(22)19-17-21-20-16(24-17)18(9-10-18)13-6-3-2-4-7-13/h2-8,11-12H,9-10H2,1H3,(H,19,21,22)/t12-/m0/s1. The first kappa shape index (κ1) is 15.5. The van der Waals surface area contributed by atoms with E-state index in [0.29, 0.717) is 5.13 Å². The third-order valence-electron chi connectivity index (χ3n) is 4.50. The molecule has 24 heavy (non-hydrogen) atoms. The minimum Gasteiger partial charge on any atom is -0.300 e. The fourth-order valence-corrected chi connectivity index (χ4v) is 4.65. The van der Waals surface area contributed by atoms with Crippen molar-refractivity contribution >= 4 is 33.7 Å². The van der Waals surface area contributed by atoms with Crippen molar-refractivity contribution in [3.05, 3.63) is 63.3 Å². The highest BCUT2D eigenvalue weighted by molar-refractivity contribution is 7.15. The number of nitrogens with one attached hydrogen (secondary N) is 1. The van der Waals surface area contributed by atoms with Crippen LogP contribution in [-0.4, -0.2) is 16.1 Å². The maximum absolute atomic E-state index is 12.4. The first-order valence-electron chi connectivity index (χ1n) is 7.93. The van der Waals surface area contributed by atoms with Crippen molar-refractivity contribution in [2.75, 3.05) is 5.32 Å². The van der Waals surface area contributed by atoms with E-state index in [-0.39, 0.29) is 17.2 Å². The molecule has 1 amide bonds. The molecule has 2 heterocycles. The normalized spacial score (nSPS) is 16.5. The number of amides is 1. The monoisotopic (exact) mass is 355 g/mol. The molecule has 1 fully saturated rings. The summed E-state index contributed by atoms with van der Waals surface area (Å²) < 4.78 is 0. The number of benzene rings is 1. The molecule has 0 saturated heterocycles. The molecule has 1 atom stereocenters. The molecule has 1 saturated carbocycles. The van der Waals surface area contributed by atoms with E-state index in [1.165, 1.54) is 16.9 Å². The Balaban J connectivity index is 1.51. The molecule has 3 aromatic rings. The molecular formula is C18H17N3OS2. The third kappa shape index (κ3) is 2.76. The SMILES string of the molecule is C[C@H](C(=O)Nc1nnc(C2(c3ccccc3)CC2)s1)c1cccs1. The summed E-state index contributed by atoms with van der Waals surface area (Å²) in [5.41, 5.74) is 1.28. The van der Waals surface area contributed by atoms with E-state index in [1.54, 1.807) is 11.3 Å². The van der Waals surface area contributed by atoms with E-state index in [9.17, 15) is 4.79 Å². The van der Waals surface area contributed by atoms with Gasteiger partial charge in [0.2, 0.25) is 11.0 Å². The van der Waals surface area contributed by atoms with Crippen LogP contribution in [0.4, 0.5) is 5.13 Å². The predicted octanol–water partition coefficient (Wildman–Crippen LogP) is 4.42. The van der Waals surface area contributed by atoms with Crippen molar-refractivity contribution in [1.82, 2.24) is 10.2 Å². The zero-order valence-electron chi connectivity index (χ0n) is 13.2. The van der Waals surface area contributed by atoms with E-state index in [1.807, 2.05) is 30.5 Å².